The zero-order valence-electron chi connectivity index (χ0n) is 16.0. The van der Waals surface area contributed by atoms with Gasteiger partial charge in [0.05, 0.1) is 19.2 Å². The fourth-order valence-electron chi connectivity index (χ4n) is 3.08. The van der Waals surface area contributed by atoms with Gasteiger partial charge in [0.15, 0.2) is 5.13 Å². The number of benzene rings is 1. The van der Waals surface area contributed by atoms with Crippen molar-refractivity contribution in [2.24, 2.45) is 0 Å². The maximum atomic E-state index is 12.3. The van der Waals surface area contributed by atoms with Crippen molar-refractivity contribution >= 4 is 28.3 Å². The Bertz CT molecular complexity index is 843. The molecule has 0 saturated carbocycles. The van der Waals surface area contributed by atoms with Gasteiger partial charge in [0.2, 0.25) is 5.91 Å². The van der Waals surface area contributed by atoms with E-state index in [1.807, 2.05) is 0 Å². The minimum absolute atomic E-state index is 0.0465. The van der Waals surface area contributed by atoms with Crippen LogP contribution in [0.25, 0.3) is 0 Å². The number of nitrogens with one attached hydrogen (secondary N) is 2. The third-order valence-corrected chi connectivity index (χ3v) is 5.43. The van der Waals surface area contributed by atoms with E-state index in [9.17, 15) is 9.59 Å². The van der Waals surface area contributed by atoms with Crippen LogP contribution in [0.5, 0.6) is 5.75 Å². The number of carbonyl (C=O) groups is 2. The lowest BCUT2D eigenvalue weighted by Gasteiger charge is -2.12. The molecule has 148 valence electrons. The van der Waals surface area contributed by atoms with Gasteiger partial charge in [-0.3, -0.25) is 14.9 Å². The minimum Gasteiger partial charge on any atom is -0.497 e. The smallest absolute Gasteiger partial charge is 0.257 e. The first-order chi connectivity index (χ1) is 13.6. The summed E-state index contributed by atoms with van der Waals surface area (Å²) in [4.78, 5) is 28.7. The van der Waals surface area contributed by atoms with Crippen LogP contribution in [0.4, 0.5) is 5.13 Å². The lowest BCUT2D eigenvalue weighted by atomic mass is 9.97. The van der Waals surface area contributed by atoms with E-state index in [2.05, 4.69) is 21.7 Å². The molecule has 1 aliphatic carbocycles. The third kappa shape index (κ3) is 5.92. The second kappa shape index (κ2) is 10.0. The molecule has 0 spiro atoms. The summed E-state index contributed by atoms with van der Waals surface area (Å²) in [6.07, 6.45) is 8.28. The summed E-state index contributed by atoms with van der Waals surface area (Å²) in [5.74, 6) is 0.405. The zero-order chi connectivity index (χ0) is 19.8. The molecule has 2 amide bonds. The van der Waals surface area contributed by atoms with Crippen LogP contribution in [-0.2, 0) is 11.2 Å². The molecule has 1 aromatic carbocycles. The Hall–Kier alpha value is -2.67. The molecule has 0 radical (unpaired) electrons. The summed E-state index contributed by atoms with van der Waals surface area (Å²) in [5.41, 5.74) is 2.63. The zero-order valence-corrected chi connectivity index (χ0v) is 16.8. The Kier molecular flexibility index (Phi) is 7.19. The van der Waals surface area contributed by atoms with Gasteiger partial charge in [-0.1, -0.05) is 11.6 Å². The topological polar surface area (TPSA) is 80.3 Å². The van der Waals surface area contributed by atoms with Crippen LogP contribution in [0.2, 0.25) is 0 Å². The van der Waals surface area contributed by atoms with E-state index in [-0.39, 0.29) is 18.2 Å². The normalized spacial score (nSPS) is 13.5. The predicted octanol–water partition coefficient (Wildman–Crippen LogP) is 3.95. The molecule has 28 heavy (non-hydrogen) atoms. The fourth-order valence-corrected chi connectivity index (χ4v) is 3.78. The molecule has 0 unspecified atom stereocenters. The van der Waals surface area contributed by atoms with Crippen LogP contribution in [0.1, 0.15) is 48.2 Å². The van der Waals surface area contributed by atoms with Crippen molar-refractivity contribution in [1.82, 2.24) is 10.3 Å². The molecule has 0 saturated heterocycles. The summed E-state index contributed by atoms with van der Waals surface area (Å²) in [6, 6.07) is 6.85. The molecule has 7 heteroatoms. The van der Waals surface area contributed by atoms with Gasteiger partial charge in [-0.15, -0.1) is 11.3 Å². The van der Waals surface area contributed by atoms with E-state index < -0.39 is 0 Å². The largest absolute Gasteiger partial charge is 0.497 e. The van der Waals surface area contributed by atoms with E-state index in [0.29, 0.717) is 28.7 Å². The van der Waals surface area contributed by atoms with Crippen molar-refractivity contribution in [1.29, 1.82) is 0 Å². The monoisotopic (exact) mass is 399 g/mol. The second-order valence-electron chi connectivity index (χ2n) is 6.71. The number of amides is 2. The molecule has 2 aromatic rings. The molecule has 0 fully saturated rings. The number of thiazole rings is 1. The van der Waals surface area contributed by atoms with Crippen LogP contribution in [0.3, 0.4) is 0 Å². The van der Waals surface area contributed by atoms with Crippen LogP contribution >= 0.6 is 11.3 Å². The number of anilines is 1. The average molecular weight is 400 g/mol. The summed E-state index contributed by atoms with van der Waals surface area (Å²) >= 11 is 1.31. The Morgan fingerprint density at radius 1 is 1.21 bits per heavy atom. The lowest BCUT2D eigenvalue weighted by Crippen LogP contribution is -2.26. The van der Waals surface area contributed by atoms with Gasteiger partial charge in [0, 0.05) is 17.5 Å². The number of hydrogen-bond acceptors (Lipinski definition) is 5. The number of allylic oxidation sites excluding steroid dienone is 1. The Morgan fingerprint density at radius 3 is 2.75 bits per heavy atom. The standard InChI is InChI=1S/C21H25N3O3S/c1-27-18-9-7-16(8-10-18)20(26)24-21-23-17(14-28-21)13-19(25)22-12-11-15-5-3-2-4-6-15/h5,7-10,14H,2-4,6,11-13H2,1H3,(H,22,25)(H,23,24,26). The maximum absolute atomic E-state index is 12.3. The highest BCUT2D eigenvalue weighted by Gasteiger charge is 2.12. The summed E-state index contributed by atoms with van der Waals surface area (Å²) in [7, 11) is 1.58. The molecule has 1 aliphatic rings. The van der Waals surface area contributed by atoms with Gasteiger partial charge in [-0.05, 0) is 56.4 Å². The predicted molar refractivity (Wildman–Crippen MR) is 111 cm³/mol. The Labute approximate surface area is 169 Å². The molecule has 1 heterocycles. The number of rotatable bonds is 8. The van der Waals surface area contributed by atoms with E-state index in [0.717, 1.165) is 19.3 Å². The van der Waals surface area contributed by atoms with Crippen molar-refractivity contribution in [3.05, 3.63) is 52.6 Å². The van der Waals surface area contributed by atoms with Crippen molar-refractivity contribution in [3.8, 4) is 5.75 Å². The highest BCUT2D eigenvalue weighted by molar-refractivity contribution is 7.14. The van der Waals surface area contributed by atoms with Gasteiger partial charge < -0.3 is 10.1 Å². The average Bonchev–Trinajstić information content (AvgIpc) is 3.15. The van der Waals surface area contributed by atoms with Gasteiger partial charge in [0.25, 0.3) is 5.91 Å². The van der Waals surface area contributed by atoms with Gasteiger partial charge in [0.1, 0.15) is 5.75 Å². The molecule has 6 nitrogen and oxygen atoms in total. The van der Waals surface area contributed by atoms with Crippen molar-refractivity contribution in [2.45, 2.75) is 38.5 Å². The highest BCUT2D eigenvalue weighted by Crippen LogP contribution is 2.20. The van der Waals surface area contributed by atoms with E-state index in [1.165, 1.54) is 29.8 Å². The number of nitrogens with zero attached hydrogens (tertiary/aromatic N) is 1. The summed E-state index contributed by atoms with van der Waals surface area (Å²) < 4.78 is 5.09. The first kappa shape index (κ1) is 20.1. The quantitative estimate of drug-likeness (QED) is 0.659. The molecule has 0 aliphatic heterocycles. The molecule has 1 aromatic heterocycles. The first-order valence-corrected chi connectivity index (χ1v) is 10.4. The summed E-state index contributed by atoms with van der Waals surface area (Å²) in [5, 5.41) is 8.00. The molecule has 2 N–H and O–H groups in total. The second-order valence-corrected chi connectivity index (χ2v) is 7.57. The number of aromatic nitrogens is 1. The van der Waals surface area contributed by atoms with Crippen molar-refractivity contribution in [2.75, 3.05) is 19.0 Å². The molecular weight excluding hydrogens is 374 g/mol. The Morgan fingerprint density at radius 2 is 2.04 bits per heavy atom. The van der Waals surface area contributed by atoms with Crippen molar-refractivity contribution in [3.63, 3.8) is 0 Å². The number of carbonyl (C=O) groups excluding carboxylic acids is 2. The van der Waals surface area contributed by atoms with E-state index >= 15 is 0 Å². The maximum Gasteiger partial charge on any atom is 0.257 e. The number of ether oxygens (including phenoxy) is 1. The van der Waals surface area contributed by atoms with E-state index in [4.69, 9.17) is 4.74 Å². The fraction of sp³-hybridized carbons (Fsp3) is 0.381. The molecule has 0 atom stereocenters. The number of hydrogen-bond donors (Lipinski definition) is 2. The SMILES string of the molecule is COc1ccc(C(=O)Nc2nc(CC(=O)NCCC3=CCCCC3)cs2)cc1. The lowest BCUT2D eigenvalue weighted by molar-refractivity contribution is -0.120. The highest BCUT2D eigenvalue weighted by atomic mass is 32.1. The molecule has 0 bridgehead atoms. The van der Waals surface area contributed by atoms with Crippen molar-refractivity contribution < 1.29 is 14.3 Å². The van der Waals surface area contributed by atoms with Gasteiger partial charge in [-0.25, -0.2) is 4.98 Å². The van der Waals surface area contributed by atoms with E-state index in [1.54, 1.807) is 36.8 Å². The summed E-state index contributed by atoms with van der Waals surface area (Å²) in [6.45, 7) is 0.663. The Balaban J connectivity index is 1.44. The van der Waals surface area contributed by atoms with Crippen LogP contribution in [-0.4, -0.2) is 30.5 Å². The molecular formula is C21H25N3O3S. The van der Waals surface area contributed by atoms with Crippen LogP contribution in [0.15, 0.2) is 41.3 Å². The molecule has 3 rings (SSSR count). The third-order valence-electron chi connectivity index (χ3n) is 4.62. The first-order valence-electron chi connectivity index (χ1n) is 9.48. The van der Waals surface area contributed by atoms with Crippen LogP contribution < -0.4 is 15.4 Å². The number of methoxy groups -OCH3 is 1. The van der Waals surface area contributed by atoms with Gasteiger partial charge >= 0.3 is 0 Å². The van der Waals surface area contributed by atoms with Crippen LogP contribution in [0, 0.1) is 0 Å². The minimum atomic E-state index is -0.242. The van der Waals surface area contributed by atoms with Gasteiger partial charge in [-0.2, -0.15) is 0 Å².